The van der Waals surface area contributed by atoms with Crippen LogP contribution >= 0.6 is 0 Å². The first-order valence-corrected chi connectivity index (χ1v) is 8.99. The van der Waals surface area contributed by atoms with Crippen molar-refractivity contribution < 1.29 is 13.3 Å². The highest BCUT2D eigenvalue weighted by Crippen LogP contribution is 2.27. The SMILES string of the molecule is CCc1ccc(CCNc2ccc(S(N)(=O)=O)cc2[N+](=O)[O-])cc1. The lowest BCUT2D eigenvalue weighted by molar-refractivity contribution is -0.384. The zero-order valence-corrected chi connectivity index (χ0v) is 14.0. The molecule has 2 aromatic rings. The number of sulfonamides is 1. The van der Waals surface area contributed by atoms with Crippen LogP contribution in [0.5, 0.6) is 0 Å². The van der Waals surface area contributed by atoms with Crippen LogP contribution in [0.3, 0.4) is 0 Å². The van der Waals surface area contributed by atoms with Crippen LogP contribution in [-0.4, -0.2) is 19.9 Å². The summed E-state index contributed by atoms with van der Waals surface area (Å²) in [6.07, 6.45) is 1.67. The van der Waals surface area contributed by atoms with Crippen molar-refractivity contribution in [2.75, 3.05) is 11.9 Å². The maximum atomic E-state index is 11.3. The average molecular weight is 349 g/mol. The van der Waals surface area contributed by atoms with Crippen LogP contribution in [0.25, 0.3) is 0 Å². The fraction of sp³-hybridized carbons (Fsp3) is 0.250. The number of anilines is 1. The molecule has 128 valence electrons. The minimum absolute atomic E-state index is 0.262. The van der Waals surface area contributed by atoms with Crippen LogP contribution in [0, 0.1) is 10.1 Å². The normalized spacial score (nSPS) is 11.2. The molecular weight excluding hydrogens is 330 g/mol. The Bertz CT molecular complexity index is 833. The molecule has 24 heavy (non-hydrogen) atoms. The molecule has 0 saturated carbocycles. The number of aryl methyl sites for hydroxylation is 1. The summed E-state index contributed by atoms with van der Waals surface area (Å²) in [7, 11) is -3.98. The van der Waals surface area contributed by atoms with Gasteiger partial charge in [-0.05, 0) is 36.1 Å². The van der Waals surface area contributed by atoms with E-state index in [1.54, 1.807) is 0 Å². The summed E-state index contributed by atoms with van der Waals surface area (Å²) in [5, 5.41) is 19.1. The summed E-state index contributed by atoms with van der Waals surface area (Å²) >= 11 is 0. The molecule has 0 fully saturated rings. The molecule has 0 spiro atoms. The molecule has 0 aliphatic carbocycles. The molecule has 0 aliphatic heterocycles. The molecule has 0 saturated heterocycles. The number of rotatable bonds is 7. The molecule has 2 rings (SSSR count). The van der Waals surface area contributed by atoms with E-state index in [-0.39, 0.29) is 16.3 Å². The molecule has 0 aliphatic rings. The lowest BCUT2D eigenvalue weighted by Crippen LogP contribution is -2.13. The number of nitro benzene ring substituents is 1. The molecule has 0 amide bonds. The molecule has 0 bridgehead atoms. The largest absolute Gasteiger partial charge is 0.379 e. The number of hydrogen-bond acceptors (Lipinski definition) is 5. The Balaban J connectivity index is 2.10. The van der Waals surface area contributed by atoms with Crippen molar-refractivity contribution in [1.82, 2.24) is 0 Å². The third-order valence-corrected chi connectivity index (χ3v) is 4.57. The summed E-state index contributed by atoms with van der Waals surface area (Å²) < 4.78 is 22.6. The molecule has 0 heterocycles. The van der Waals surface area contributed by atoms with Crippen LogP contribution in [0.2, 0.25) is 0 Å². The van der Waals surface area contributed by atoms with Gasteiger partial charge in [-0.15, -0.1) is 0 Å². The lowest BCUT2D eigenvalue weighted by atomic mass is 10.1. The monoisotopic (exact) mass is 349 g/mol. The minimum atomic E-state index is -3.98. The summed E-state index contributed by atoms with van der Waals surface area (Å²) in [5.41, 5.74) is 2.31. The van der Waals surface area contributed by atoms with Gasteiger partial charge in [0, 0.05) is 12.6 Å². The molecule has 3 N–H and O–H groups in total. The van der Waals surface area contributed by atoms with Crippen LogP contribution in [0.15, 0.2) is 47.4 Å². The van der Waals surface area contributed by atoms with Gasteiger partial charge in [0.25, 0.3) is 5.69 Å². The quantitative estimate of drug-likeness (QED) is 0.588. The van der Waals surface area contributed by atoms with Gasteiger partial charge in [0.15, 0.2) is 0 Å². The predicted molar refractivity (Wildman–Crippen MR) is 92.5 cm³/mol. The highest BCUT2D eigenvalue weighted by Gasteiger charge is 2.18. The first-order valence-electron chi connectivity index (χ1n) is 7.44. The van der Waals surface area contributed by atoms with E-state index in [0.29, 0.717) is 13.0 Å². The second-order valence-corrected chi connectivity index (χ2v) is 6.89. The van der Waals surface area contributed by atoms with E-state index >= 15 is 0 Å². The summed E-state index contributed by atoms with van der Waals surface area (Å²) in [5.74, 6) is 0. The molecule has 8 heteroatoms. The van der Waals surface area contributed by atoms with Crippen LogP contribution in [0.4, 0.5) is 11.4 Å². The maximum absolute atomic E-state index is 11.3. The molecule has 7 nitrogen and oxygen atoms in total. The number of nitrogens with two attached hydrogens (primary N) is 1. The Morgan fingerprint density at radius 2 is 1.75 bits per heavy atom. The van der Waals surface area contributed by atoms with Crippen LogP contribution in [-0.2, 0) is 22.9 Å². The van der Waals surface area contributed by atoms with E-state index in [9.17, 15) is 18.5 Å². The third-order valence-electron chi connectivity index (χ3n) is 3.65. The fourth-order valence-electron chi connectivity index (χ4n) is 2.27. The number of nitrogens with one attached hydrogen (secondary N) is 1. The Morgan fingerprint density at radius 3 is 2.29 bits per heavy atom. The standard InChI is InChI=1S/C16H19N3O4S/c1-2-12-3-5-13(6-4-12)9-10-18-15-8-7-14(24(17,22)23)11-16(15)19(20)21/h3-8,11,18H,2,9-10H2,1H3,(H2,17,22,23). The smallest absolute Gasteiger partial charge is 0.293 e. The van der Waals surface area contributed by atoms with Gasteiger partial charge in [0.2, 0.25) is 10.0 Å². The molecular formula is C16H19N3O4S. The number of nitrogens with zero attached hydrogens (tertiary/aromatic N) is 1. The molecule has 2 aromatic carbocycles. The van der Waals surface area contributed by atoms with Crippen molar-refractivity contribution in [3.05, 3.63) is 63.7 Å². The van der Waals surface area contributed by atoms with Crippen molar-refractivity contribution in [1.29, 1.82) is 0 Å². The van der Waals surface area contributed by atoms with Gasteiger partial charge in [-0.25, -0.2) is 13.6 Å². The highest BCUT2D eigenvalue weighted by atomic mass is 32.2. The Labute approximate surface area is 140 Å². The number of nitro groups is 1. The second-order valence-electron chi connectivity index (χ2n) is 5.33. The van der Waals surface area contributed by atoms with Gasteiger partial charge >= 0.3 is 0 Å². The first kappa shape index (κ1) is 17.9. The van der Waals surface area contributed by atoms with E-state index in [4.69, 9.17) is 5.14 Å². The predicted octanol–water partition coefficient (Wildman–Crippen LogP) is 2.46. The van der Waals surface area contributed by atoms with Gasteiger partial charge in [-0.3, -0.25) is 10.1 Å². The van der Waals surface area contributed by atoms with Crippen molar-refractivity contribution in [2.24, 2.45) is 5.14 Å². The molecule has 0 radical (unpaired) electrons. The zero-order chi connectivity index (χ0) is 17.7. The number of primary sulfonamides is 1. The van der Waals surface area contributed by atoms with Crippen molar-refractivity contribution in [3.63, 3.8) is 0 Å². The van der Waals surface area contributed by atoms with Crippen molar-refractivity contribution in [3.8, 4) is 0 Å². The van der Waals surface area contributed by atoms with Crippen LogP contribution in [0.1, 0.15) is 18.1 Å². The Hall–Kier alpha value is -2.45. The van der Waals surface area contributed by atoms with E-state index in [2.05, 4.69) is 24.4 Å². The summed E-state index contributed by atoms with van der Waals surface area (Å²) in [4.78, 5) is 10.2. The van der Waals surface area contributed by atoms with E-state index < -0.39 is 14.9 Å². The zero-order valence-electron chi connectivity index (χ0n) is 13.2. The second kappa shape index (κ2) is 7.41. The summed E-state index contributed by atoms with van der Waals surface area (Å²) in [6.45, 7) is 2.57. The topological polar surface area (TPSA) is 115 Å². The molecule has 0 aromatic heterocycles. The molecule has 0 atom stereocenters. The van der Waals surface area contributed by atoms with Crippen LogP contribution < -0.4 is 10.5 Å². The number of benzene rings is 2. The highest BCUT2D eigenvalue weighted by molar-refractivity contribution is 7.89. The number of hydrogen-bond donors (Lipinski definition) is 2. The van der Waals surface area contributed by atoms with Gasteiger partial charge in [-0.2, -0.15) is 0 Å². The average Bonchev–Trinajstić information content (AvgIpc) is 2.54. The van der Waals surface area contributed by atoms with Gasteiger partial charge in [0.1, 0.15) is 5.69 Å². The van der Waals surface area contributed by atoms with Gasteiger partial charge < -0.3 is 5.32 Å². The lowest BCUT2D eigenvalue weighted by Gasteiger charge is -2.09. The van der Waals surface area contributed by atoms with E-state index in [1.807, 2.05) is 12.1 Å². The Morgan fingerprint density at radius 1 is 1.12 bits per heavy atom. The van der Waals surface area contributed by atoms with Crippen molar-refractivity contribution >= 4 is 21.4 Å². The fourth-order valence-corrected chi connectivity index (χ4v) is 2.81. The minimum Gasteiger partial charge on any atom is -0.379 e. The van der Waals surface area contributed by atoms with Gasteiger partial charge in [0.05, 0.1) is 9.82 Å². The molecule has 0 unspecified atom stereocenters. The Kier molecular flexibility index (Phi) is 5.53. The third kappa shape index (κ3) is 4.53. The van der Waals surface area contributed by atoms with E-state index in [0.717, 1.165) is 18.1 Å². The maximum Gasteiger partial charge on any atom is 0.293 e. The van der Waals surface area contributed by atoms with E-state index in [1.165, 1.54) is 17.7 Å². The van der Waals surface area contributed by atoms with Crippen molar-refractivity contribution in [2.45, 2.75) is 24.7 Å². The first-order chi connectivity index (χ1) is 11.3. The van der Waals surface area contributed by atoms with Gasteiger partial charge in [-0.1, -0.05) is 31.2 Å². The summed E-state index contributed by atoms with van der Waals surface area (Å²) in [6, 6.07) is 11.7.